The monoisotopic (exact) mass is 311 g/mol. The second-order valence-electron chi connectivity index (χ2n) is 6.05. The molecule has 0 amide bonds. The molecule has 2 rings (SSSR count). The Kier molecular flexibility index (Phi) is 4.91. The Morgan fingerprint density at radius 1 is 1.33 bits per heavy atom. The molecule has 0 bridgehead atoms. The molecule has 0 saturated carbocycles. The Morgan fingerprint density at radius 2 is 1.95 bits per heavy atom. The second kappa shape index (κ2) is 6.34. The molecule has 0 radical (unpaired) electrons. The number of piperidine rings is 1. The molecule has 1 aromatic carbocycles. The smallest absolute Gasteiger partial charge is 0.242 e. The van der Waals surface area contributed by atoms with Gasteiger partial charge in [-0.25, -0.2) is 12.7 Å². The molecule has 6 heteroatoms. The van der Waals surface area contributed by atoms with Crippen LogP contribution in [0.25, 0.3) is 0 Å². The SMILES string of the molecule is Cc1ccc(S(=O)(=O)N(C)CC2CCN(C)CC2)cc1N. The molecule has 1 aromatic rings. The highest BCUT2D eigenvalue weighted by molar-refractivity contribution is 7.89. The van der Waals surface area contributed by atoms with Gasteiger partial charge in [0.05, 0.1) is 4.90 Å². The minimum atomic E-state index is -3.45. The lowest BCUT2D eigenvalue weighted by Crippen LogP contribution is -2.37. The van der Waals surface area contributed by atoms with Gasteiger partial charge in [0.15, 0.2) is 0 Å². The normalized spacial score (nSPS) is 18.3. The molecule has 118 valence electrons. The van der Waals surface area contributed by atoms with Gasteiger partial charge in [0.25, 0.3) is 0 Å². The molecule has 1 aliphatic rings. The van der Waals surface area contributed by atoms with E-state index in [4.69, 9.17) is 5.73 Å². The topological polar surface area (TPSA) is 66.6 Å². The van der Waals surface area contributed by atoms with Gasteiger partial charge < -0.3 is 10.6 Å². The van der Waals surface area contributed by atoms with Gasteiger partial charge in [-0.2, -0.15) is 0 Å². The van der Waals surface area contributed by atoms with Gasteiger partial charge in [0.1, 0.15) is 0 Å². The fraction of sp³-hybridized carbons (Fsp3) is 0.600. The van der Waals surface area contributed by atoms with Crippen LogP contribution in [0.4, 0.5) is 5.69 Å². The lowest BCUT2D eigenvalue weighted by molar-refractivity contribution is 0.202. The maximum atomic E-state index is 12.6. The minimum Gasteiger partial charge on any atom is -0.398 e. The van der Waals surface area contributed by atoms with Crippen molar-refractivity contribution in [3.05, 3.63) is 23.8 Å². The van der Waals surface area contributed by atoms with E-state index in [-0.39, 0.29) is 4.90 Å². The van der Waals surface area contributed by atoms with Gasteiger partial charge in [-0.3, -0.25) is 0 Å². The van der Waals surface area contributed by atoms with Crippen molar-refractivity contribution >= 4 is 15.7 Å². The van der Waals surface area contributed by atoms with Gasteiger partial charge in [0.2, 0.25) is 10.0 Å². The number of anilines is 1. The molecule has 1 fully saturated rings. The maximum absolute atomic E-state index is 12.6. The molecule has 2 N–H and O–H groups in total. The molecule has 1 aliphatic heterocycles. The van der Waals surface area contributed by atoms with Crippen LogP contribution in [-0.2, 0) is 10.0 Å². The summed E-state index contributed by atoms with van der Waals surface area (Å²) >= 11 is 0. The average molecular weight is 311 g/mol. The van der Waals surface area contributed by atoms with Crippen molar-refractivity contribution in [2.75, 3.05) is 39.5 Å². The van der Waals surface area contributed by atoms with Crippen molar-refractivity contribution in [2.24, 2.45) is 5.92 Å². The van der Waals surface area contributed by atoms with Crippen molar-refractivity contribution in [3.63, 3.8) is 0 Å². The first-order chi connectivity index (χ1) is 9.80. The molecule has 0 atom stereocenters. The summed E-state index contributed by atoms with van der Waals surface area (Å²) in [5.74, 6) is 0.434. The van der Waals surface area contributed by atoms with Crippen LogP contribution in [0.15, 0.2) is 23.1 Å². The lowest BCUT2D eigenvalue weighted by atomic mass is 9.97. The van der Waals surface area contributed by atoms with Crippen LogP contribution in [-0.4, -0.2) is 51.4 Å². The Labute approximate surface area is 127 Å². The molecule has 1 heterocycles. The number of nitrogen functional groups attached to an aromatic ring is 1. The predicted octanol–water partition coefficient (Wildman–Crippen LogP) is 1.54. The molecule has 0 aliphatic carbocycles. The van der Waals surface area contributed by atoms with Crippen LogP contribution in [0, 0.1) is 12.8 Å². The highest BCUT2D eigenvalue weighted by Crippen LogP contribution is 2.23. The lowest BCUT2D eigenvalue weighted by Gasteiger charge is -2.31. The van der Waals surface area contributed by atoms with E-state index in [0.717, 1.165) is 31.5 Å². The fourth-order valence-electron chi connectivity index (χ4n) is 2.67. The fourth-order valence-corrected chi connectivity index (χ4v) is 3.95. The first-order valence-corrected chi connectivity index (χ1v) is 8.75. The summed E-state index contributed by atoms with van der Waals surface area (Å²) in [7, 11) is 0.308. The first-order valence-electron chi connectivity index (χ1n) is 7.31. The van der Waals surface area contributed by atoms with Crippen LogP contribution < -0.4 is 5.73 Å². The number of rotatable bonds is 4. The molecule has 0 aromatic heterocycles. The van der Waals surface area contributed by atoms with Crippen LogP contribution in [0.1, 0.15) is 18.4 Å². The summed E-state index contributed by atoms with van der Waals surface area (Å²) in [6.07, 6.45) is 2.10. The van der Waals surface area contributed by atoms with Crippen LogP contribution in [0.3, 0.4) is 0 Å². The van der Waals surface area contributed by atoms with Gasteiger partial charge in [0, 0.05) is 19.3 Å². The molecule has 0 unspecified atom stereocenters. The highest BCUT2D eigenvalue weighted by atomic mass is 32.2. The number of benzene rings is 1. The number of hydrogen-bond donors (Lipinski definition) is 1. The van der Waals surface area contributed by atoms with Gasteiger partial charge in [-0.1, -0.05) is 6.07 Å². The molecular formula is C15H25N3O2S. The summed E-state index contributed by atoms with van der Waals surface area (Å²) in [6, 6.07) is 4.94. The second-order valence-corrected chi connectivity index (χ2v) is 8.10. The third-order valence-electron chi connectivity index (χ3n) is 4.31. The summed E-state index contributed by atoms with van der Waals surface area (Å²) in [6.45, 7) is 4.52. The summed E-state index contributed by atoms with van der Waals surface area (Å²) < 4.78 is 26.7. The Morgan fingerprint density at radius 3 is 2.52 bits per heavy atom. The van der Waals surface area contributed by atoms with Crippen molar-refractivity contribution < 1.29 is 8.42 Å². The van der Waals surface area contributed by atoms with Gasteiger partial charge in [-0.05, 0) is 63.5 Å². The van der Waals surface area contributed by atoms with E-state index in [9.17, 15) is 8.42 Å². The summed E-state index contributed by atoms with van der Waals surface area (Å²) in [5.41, 5.74) is 7.24. The van der Waals surface area contributed by atoms with E-state index < -0.39 is 10.0 Å². The van der Waals surface area contributed by atoms with E-state index in [0.29, 0.717) is 18.2 Å². The Balaban J connectivity index is 2.09. The molecule has 1 saturated heterocycles. The molecule has 5 nitrogen and oxygen atoms in total. The molecule has 0 spiro atoms. The highest BCUT2D eigenvalue weighted by Gasteiger charge is 2.26. The summed E-state index contributed by atoms with van der Waals surface area (Å²) in [5, 5.41) is 0. The van der Waals surface area contributed by atoms with Crippen LogP contribution in [0.2, 0.25) is 0 Å². The van der Waals surface area contributed by atoms with E-state index >= 15 is 0 Å². The van der Waals surface area contributed by atoms with E-state index in [1.54, 1.807) is 25.2 Å². The third kappa shape index (κ3) is 3.75. The van der Waals surface area contributed by atoms with E-state index in [1.807, 2.05) is 6.92 Å². The first kappa shape index (κ1) is 16.3. The average Bonchev–Trinajstić information content (AvgIpc) is 2.44. The zero-order valence-corrected chi connectivity index (χ0v) is 13.9. The Hall–Kier alpha value is -1.11. The zero-order valence-electron chi connectivity index (χ0n) is 13.0. The summed E-state index contributed by atoms with van der Waals surface area (Å²) in [4.78, 5) is 2.56. The standard InChI is InChI=1S/C15H25N3O2S/c1-12-4-5-14(10-15(12)16)21(19,20)18(3)11-13-6-8-17(2)9-7-13/h4-5,10,13H,6-9,11,16H2,1-3H3. The number of aryl methyl sites for hydroxylation is 1. The van der Waals surface area contributed by atoms with Crippen molar-refractivity contribution in [3.8, 4) is 0 Å². The number of sulfonamides is 1. The Bertz CT molecular complexity index is 593. The zero-order chi connectivity index (χ0) is 15.6. The number of nitrogens with two attached hydrogens (primary N) is 1. The molecule has 21 heavy (non-hydrogen) atoms. The van der Waals surface area contributed by atoms with Crippen molar-refractivity contribution in [2.45, 2.75) is 24.7 Å². The quantitative estimate of drug-likeness (QED) is 0.857. The van der Waals surface area contributed by atoms with Crippen molar-refractivity contribution in [1.29, 1.82) is 0 Å². The van der Waals surface area contributed by atoms with Crippen molar-refractivity contribution in [1.82, 2.24) is 9.21 Å². The van der Waals surface area contributed by atoms with E-state index in [2.05, 4.69) is 11.9 Å². The number of nitrogens with zero attached hydrogens (tertiary/aromatic N) is 2. The largest absolute Gasteiger partial charge is 0.398 e. The number of likely N-dealkylation sites (tertiary alicyclic amines) is 1. The number of hydrogen-bond acceptors (Lipinski definition) is 4. The van der Waals surface area contributed by atoms with Gasteiger partial charge >= 0.3 is 0 Å². The van der Waals surface area contributed by atoms with Gasteiger partial charge in [-0.15, -0.1) is 0 Å². The van der Waals surface area contributed by atoms with E-state index in [1.165, 1.54) is 4.31 Å². The minimum absolute atomic E-state index is 0.279. The van der Waals surface area contributed by atoms with Crippen LogP contribution >= 0.6 is 0 Å². The predicted molar refractivity (Wildman–Crippen MR) is 85.6 cm³/mol. The maximum Gasteiger partial charge on any atom is 0.242 e. The third-order valence-corrected chi connectivity index (χ3v) is 6.13. The van der Waals surface area contributed by atoms with Crippen LogP contribution in [0.5, 0.6) is 0 Å². The molecular weight excluding hydrogens is 286 g/mol.